The molecular formula is C21H24FN11O11P2. The lowest BCUT2D eigenvalue weighted by Crippen LogP contribution is -2.35. The first-order valence-corrected chi connectivity index (χ1v) is 16.3. The maximum atomic E-state index is 16.0. The fourth-order valence-electron chi connectivity index (χ4n) is 5.39. The van der Waals surface area contributed by atoms with Gasteiger partial charge in [0.15, 0.2) is 41.3 Å². The third-order valence-electron chi connectivity index (χ3n) is 7.37. The van der Waals surface area contributed by atoms with Crippen LogP contribution >= 0.6 is 15.4 Å². The summed E-state index contributed by atoms with van der Waals surface area (Å²) in [5.41, 5.74) is 16.2. The van der Waals surface area contributed by atoms with Crippen molar-refractivity contribution < 1.29 is 51.5 Å². The minimum absolute atomic E-state index is 0.0270. The van der Waals surface area contributed by atoms with E-state index in [1.165, 1.54) is 0 Å². The Hall–Kier alpha value is -3.89. The number of fused-ring (bicyclic) bond motifs is 4. The Bertz CT molecular complexity index is 2040. The number of anilines is 3. The summed E-state index contributed by atoms with van der Waals surface area (Å²) in [6.07, 6.45) is -10.5. The molecule has 3 aliphatic heterocycles. The second-order valence-electron chi connectivity index (χ2n) is 10.4. The van der Waals surface area contributed by atoms with Crippen LogP contribution in [0.4, 0.5) is 22.1 Å². The van der Waals surface area contributed by atoms with Gasteiger partial charge in [-0.25, -0.2) is 18.9 Å². The number of rotatable bonds is 2. The van der Waals surface area contributed by atoms with Crippen molar-refractivity contribution >= 4 is 55.5 Å². The molecule has 2 fully saturated rings. The Balaban J connectivity index is 1.20. The van der Waals surface area contributed by atoms with Gasteiger partial charge in [0, 0.05) is 5.82 Å². The molecule has 10 N–H and O–H groups in total. The summed E-state index contributed by atoms with van der Waals surface area (Å²) in [4.78, 5) is 55.5. The average Bonchev–Trinajstić information content (AvgIpc) is 3.72. The van der Waals surface area contributed by atoms with E-state index in [2.05, 4.69) is 29.9 Å². The monoisotopic (exact) mass is 687 g/mol. The Morgan fingerprint density at radius 2 is 1.65 bits per heavy atom. The minimum atomic E-state index is -5.10. The number of aromatic amines is 1. The molecule has 7 rings (SSSR count). The molecule has 0 spiro atoms. The highest BCUT2D eigenvalue weighted by molar-refractivity contribution is 7.56. The van der Waals surface area contributed by atoms with Crippen LogP contribution in [0, 0.1) is 0 Å². The Labute approximate surface area is 254 Å². The van der Waals surface area contributed by atoms with E-state index in [0.29, 0.717) is 5.82 Å². The van der Waals surface area contributed by atoms with Crippen molar-refractivity contribution in [3.05, 3.63) is 34.9 Å². The van der Waals surface area contributed by atoms with E-state index in [1.807, 2.05) is 0 Å². The summed E-state index contributed by atoms with van der Waals surface area (Å²) in [6.45, 7) is -0.888. The maximum Gasteiger partial charge on any atom is 0.472 e. The van der Waals surface area contributed by atoms with E-state index in [0.717, 1.165) is 27.9 Å². The molecule has 0 radical (unpaired) electrons. The molecule has 25 heteroatoms. The third-order valence-corrected chi connectivity index (χ3v) is 9.45. The number of H-pyrrole nitrogens is 1. The van der Waals surface area contributed by atoms with E-state index < -0.39 is 76.7 Å². The predicted molar refractivity (Wildman–Crippen MR) is 150 cm³/mol. The van der Waals surface area contributed by atoms with Gasteiger partial charge in [-0.15, -0.1) is 0 Å². The van der Waals surface area contributed by atoms with Gasteiger partial charge in [0.25, 0.3) is 5.56 Å². The van der Waals surface area contributed by atoms with E-state index in [4.69, 9.17) is 40.2 Å². The molecule has 7 heterocycles. The fourth-order valence-corrected chi connectivity index (χ4v) is 7.39. The third kappa shape index (κ3) is 5.25. The van der Waals surface area contributed by atoms with Crippen molar-refractivity contribution in [1.82, 2.24) is 39.0 Å². The largest absolute Gasteiger partial charge is 0.472 e. The average molecular weight is 687 g/mol. The highest BCUT2D eigenvalue weighted by atomic mass is 31.2. The number of phosphoric acid groups is 1. The molecule has 0 amide bonds. The second kappa shape index (κ2) is 10.8. The molecule has 4 aromatic heterocycles. The van der Waals surface area contributed by atoms with Gasteiger partial charge in [-0.05, 0) is 6.08 Å². The van der Waals surface area contributed by atoms with Gasteiger partial charge in [-0.2, -0.15) is 15.0 Å². The standard InChI is InChI=1S/C21H24FN11O11P2/c22-8-12-7(42-18(8)32-4-26-9-14(23)28-20(24)29-15(9)32)3-40-46(38,39)44-13-6(1-2-45(36,37)43-12)41-19(11(13)34)33-5-27-10-16(33)30-21(25)31-17(10)35/h1-2,4-8,11-13,18-19,34H,3H2,(H,36,37)(H,38,39)(H4,23,24,28,29)(H3,25,30,31,35)/b2-1-/t6-,7-,8-,11-,12-,13-,18-,19-/m1/s1. The number of alkyl halides is 1. The van der Waals surface area contributed by atoms with Crippen LogP contribution in [0.15, 0.2) is 29.3 Å². The number of aliphatic hydroxyl groups excluding tert-OH is 1. The lowest BCUT2D eigenvalue weighted by atomic mass is 10.1. The number of nitrogen functional groups attached to an aromatic ring is 3. The maximum absolute atomic E-state index is 16.0. The van der Waals surface area contributed by atoms with Crippen molar-refractivity contribution in [1.29, 1.82) is 0 Å². The van der Waals surface area contributed by atoms with Crippen LogP contribution in [0.25, 0.3) is 22.3 Å². The molecule has 0 aliphatic carbocycles. The van der Waals surface area contributed by atoms with Crippen molar-refractivity contribution in [2.75, 3.05) is 23.8 Å². The number of nitrogens with zero attached hydrogens (tertiary/aromatic N) is 7. The smallest absolute Gasteiger partial charge is 0.386 e. The summed E-state index contributed by atoms with van der Waals surface area (Å²) in [5.74, 6) is 0.0164. The van der Waals surface area contributed by atoms with Crippen LogP contribution in [0.3, 0.4) is 0 Å². The fraction of sp³-hybridized carbons (Fsp3) is 0.429. The van der Waals surface area contributed by atoms with Crippen molar-refractivity contribution in [3.8, 4) is 0 Å². The van der Waals surface area contributed by atoms with E-state index in [9.17, 15) is 28.8 Å². The number of aromatic nitrogens is 8. The lowest BCUT2D eigenvalue weighted by molar-refractivity contribution is -0.0495. The quantitative estimate of drug-likeness (QED) is 0.122. The molecule has 2 saturated heterocycles. The van der Waals surface area contributed by atoms with Crippen LogP contribution < -0.4 is 22.8 Å². The van der Waals surface area contributed by atoms with E-state index >= 15 is 4.39 Å². The zero-order chi connectivity index (χ0) is 32.7. The number of aliphatic hydroxyl groups is 1. The molecule has 3 aliphatic rings. The molecule has 46 heavy (non-hydrogen) atoms. The zero-order valence-corrected chi connectivity index (χ0v) is 24.7. The summed E-state index contributed by atoms with van der Waals surface area (Å²) in [6, 6.07) is 0. The number of ether oxygens (including phenoxy) is 2. The molecular weight excluding hydrogens is 663 g/mol. The van der Waals surface area contributed by atoms with Gasteiger partial charge in [-0.1, -0.05) is 0 Å². The SMILES string of the molecule is Nc1nc(N)c2ncn([C@@H]3O[C@@H]4COP(=O)(O)O[C@H]5[C@@H](O)[C@H](n6cnc7c(=O)[nH]c(N)nc76)O[C@@H]5/C=C\P(=O)(O)O[C@H]4[C@H]3F)c2n1. The molecule has 246 valence electrons. The lowest BCUT2D eigenvalue weighted by Gasteiger charge is -2.25. The summed E-state index contributed by atoms with van der Waals surface area (Å²) in [7, 11) is -9.93. The summed E-state index contributed by atoms with van der Waals surface area (Å²) >= 11 is 0. The zero-order valence-electron chi connectivity index (χ0n) is 22.9. The highest BCUT2D eigenvalue weighted by Crippen LogP contribution is 2.54. The van der Waals surface area contributed by atoms with Gasteiger partial charge < -0.3 is 41.6 Å². The Morgan fingerprint density at radius 3 is 2.41 bits per heavy atom. The van der Waals surface area contributed by atoms with Crippen LogP contribution in [-0.4, -0.2) is 97.2 Å². The van der Waals surface area contributed by atoms with Crippen molar-refractivity contribution in [2.24, 2.45) is 0 Å². The minimum Gasteiger partial charge on any atom is -0.386 e. The molecule has 2 unspecified atom stereocenters. The first kappa shape index (κ1) is 30.7. The molecule has 10 atom stereocenters. The highest BCUT2D eigenvalue weighted by Gasteiger charge is 2.53. The normalized spacial score (nSPS) is 37.5. The number of nitrogens with two attached hydrogens (primary N) is 3. The summed E-state index contributed by atoms with van der Waals surface area (Å²) in [5, 5.41) is 11.1. The van der Waals surface area contributed by atoms with E-state index in [-0.39, 0.29) is 40.0 Å². The number of imidazole rings is 2. The topological polar surface area (TPSA) is 326 Å². The van der Waals surface area contributed by atoms with Crippen molar-refractivity contribution in [2.45, 2.75) is 49.1 Å². The number of hydrogen-bond acceptors (Lipinski definition) is 17. The van der Waals surface area contributed by atoms with E-state index in [1.54, 1.807) is 0 Å². The molecule has 0 bridgehead atoms. The molecule has 22 nitrogen and oxygen atoms in total. The van der Waals surface area contributed by atoms with Crippen LogP contribution in [0.2, 0.25) is 0 Å². The first-order valence-electron chi connectivity index (χ1n) is 13.2. The molecule has 4 aromatic rings. The van der Waals surface area contributed by atoms with Crippen molar-refractivity contribution in [3.63, 3.8) is 0 Å². The Kier molecular flexibility index (Phi) is 7.25. The van der Waals surface area contributed by atoms with Crippen LogP contribution in [0.1, 0.15) is 12.5 Å². The first-order chi connectivity index (χ1) is 21.7. The van der Waals surface area contributed by atoms with Gasteiger partial charge in [-0.3, -0.25) is 37.0 Å². The molecule has 0 aromatic carbocycles. The van der Waals surface area contributed by atoms with Crippen LogP contribution in [0.5, 0.6) is 0 Å². The van der Waals surface area contributed by atoms with Gasteiger partial charge in [0.1, 0.15) is 36.0 Å². The second-order valence-corrected chi connectivity index (χ2v) is 13.4. The van der Waals surface area contributed by atoms with Crippen LogP contribution in [-0.2, 0) is 32.2 Å². The molecule has 0 saturated carbocycles. The number of nitrogens with one attached hydrogen (secondary N) is 1. The Morgan fingerprint density at radius 1 is 0.957 bits per heavy atom. The summed E-state index contributed by atoms with van der Waals surface area (Å²) < 4.78 is 71.6. The van der Waals surface area contributed by atoms with Gasteiger partial charge >= 0.3 is 15.4 Å². The number of phosphoric ester groups is 1. The van der Waals surface area contributed by atoms with Gasteiger partial charge in [0.05, 0.1) is 19.3 Å². The predicted octanol–water partition coefficient (Wildman–Crippen LogP) is -1.20. The number of halogens is 1. The number of hydrogen-bond donors (Lipinski definition) is 7. The van der Waals surface area contributed by atoms with Gasteiger partial charge in [0.2, 0.25) is 11.9 Å².